The summed E-state index contributed by atoms with van der Waals surface area (Å²) in [5.74, 6) is -0.207. The van der Waals surface area contributed by atoms with E-state index in [-0.39, 0.29) is 12.6 Å². The van der Waals surface area contributed by atoms with E-state index in [1.807, 2.05) is 0 Å². The predicted molar refractivity (Wildman–Crippen MR) is 224 cm³/mol. The standard InChI is InChI=1S/C47H90O4/c1-3-5-7-9-11-13-15-17-18-19-20-21-22-23-24-25-26-27-28-29-31-33-35-37-39-41-43-50-45-46(44-48)51-47(49)42-40-38-36-34-32-30-16-14-12-10-8-6-4-2/h14,16,19-20,46,48H,3-13,15,17-18,21-45H2,1-2H3/b16-14-,20-19-. The molecular formula is C47H90O4. The second-order valence-electron chi connectivity index (χ2n) is 15.5. The molecule has 0 aliphatic carbocycles. The fourth-order valence-corrected chi connectivity index (χ4v) is 6.79. The highest BCUT2D eigenvalue weighted by Crippen LogP contribution is 2.15. The fraction of sp³-hybridized carbons (Fsp3) is 0.894. The van der Waals surface area contributed by atoms with Crippen LogP contribution in [0.5, 0.6) is 0 Å². The van der Waals surface area contributed by atoms with Gasteiger partial charge in [0.05, 0.1) is 13.2 Å². The fourth-order valence-electron chi connectivity index (χ4n) is 6.79. The number of aliphatic hydroxyl groups excluding tert-OH is 1. The Hall–Kier alpha value is -1.13. The van der Waals surface area contributed by atoms with E-state index in [4.69, 9.17) is 9.47 Å². The number of hydrogen-bond donors (Lipinski definition) is 1. The van der Waals surface area contributed by atoms with Crippen molar-refractivity contribution in [2.24, 2.45) is 0 Å². The minimum Gasteiger partial charge on any atom is -0.457 e. The summed E-state index contributed by atoms with van der Waals surface area (Å²) in [6.45, 7) is 5.35. The number of aliphatic hydroxyl groups is 1. The van der Waals surface area contributed by atoms with Crippen LogP contribution in [0.1, 0.15) is 245 Å². The van der Waals surface area contributed by atoms with Gasteiger partial charge in [-0.3, -0.25) is 4.79 Å². The van der Waals surface area contributed by atoms with Crippen molar-refractivity contribution in [3.63, 3.8) is 0 Å². The number of unbranched alkanes of at least 4 members (excludes halogenated alkanes) is 31. The Morgan fingerprint density at radius 2 is 0.765 bits per heavy atom. The van der Waals surface area contributed by atoms with E-state index in [0.29, 0.717) is 19.6 Å². The lowest BCUT2D eigenvalue weighted by molar-refractivity contribution is -0.154. The molecule has 0 aromatic carbocycles. The van der Waals surface area contributed by atoms with Crippen molar-refractivity contribution in [3.8, 4) is 0 Å². The van der Waals surface area contributed by atoms with E-state index >= 15 is 0 Å². The molecule has 4 heteroatoms. The molecule has 0 spiro atoms. The van der Waals surface area contributed by atoms with Gasteiger partial charge in [-0.2, -0.15) is 0 Å². The van der Waals surface area contributed by atoms with Crippen molar-refractivity contribution in [2.75, 3.05) is 19.8 Å². The lowest BCUT2D eigenvalue weighted by Gasteiger charge is -2.15. The normalized spacial score (nSPS) is 12.5. The lowest BCUT2D eigenvalue weighted by atomic mass is 10.0. The van der Waals surface area contributed by atoms with Crippen LogP contribution in [0, 0.1) is 0 Å². The third-order valence-electron chi connectivity index (χ3n) is 10.2. The number of hydrogen-bond acceptors (Lipinski definition) is 4. The minimum atomic E-state index is -0.534. The van der Waals surface area contributed by atoms with Crippen LogP contribution in [-0.4, -0.2) is 37.0 Å². The van der Waals surface area contributed by atoms with E-state index in [1.54, 1.807) is 0 Å². The number of rotatable bonds is 43. The Kier molecular flexibility index (Phi) is 44.0. The van der Waals surface area contributed by atoms with Gasteiger partial charge in [-0.05, 0) is 64.2 Å². The second-order valence-corrected chi connectivity index (χ2v) is 15.5. The molecule has 1 N–H and O–H groups in total. The molecule has 0 rings (SSSR count). The molecule has 0 radical (unpaired) electrons. The summed E-state index contributed by atoms with van der Waals surface area (Å²) in [5, 5.41) is 9.60. The number of esters is 1. The van der Waals surface area contributed by atoms with E-state index in [2.05, 4.69) is 38.2 Å². The summed E-state index contributed by atoms with van der Waals surface area (Å²) in [7, 11) is 0. The molecule has 4 nitrogen and oxygen atoms in total. The van der Waals surface area contributed by atoms with Gasteiger partial charge in [0.25, 0.3) is 0 Å². The Labute approximate surface area is 319 Å². The summed E-state index contributed by atoms with van der Waals surface area (Å²) in [6, 6.07) is 0. The summed E-state index contributed by atoms with van der Waals surface area (Å²) in [5.41, 5.74) is 0. The molecule has 1 atom stereocenters. The lowest BCUT2D eigenvalue weighted by Crippen LogP contribution is -2.27. The van der Waals surface area contributed by atoms with Crippen molar-refractivity contribution >= 4 is 5.97 Å². The Morgan fingerprint density at radius 1 is 0.451 bits per heavy atom. The first-order chi connectivity index (χ1) is 25.2. The number of allylic oxidation sites excluding steroid dienone is 4. The summed E-state index contributed by atoms with van der Waals surface area (Å²) in [6.07, 6.45) is 55.4. The molecule has 0 fully saturated rings. The maximum Gasteiger partial charge on any atom is 0.306 e. The molecule has 1 unspecified atom stereocenters. The van der Waals surface area contributed by atoms with Gasteiger partial charge in [0.1, 0.15) is 6.10 Å². The van der Waals surface area contributed by atoms with Crippen molar-refractivity contribution < 1.29 is 19.4 Å². The maximum atomic E-state index is 12.2. The predicted octanol–water partition coefficient (Wildman–Crippen LogP) is 15.1. The zero-order valence-corrected chi connectivity index (χ0v) is 34.6. The van der Waals surface area contributed by atoms with Gasteiger partial charge in [0, 0.05) is 13.0 Å². The molecular weight excluding hydrogens is 629 g/mol. The number of ether oxygens (including phenoxy) is 2. The first kappa shape index (κ1) is 49.9. The average Bonchev–Trinajstić information content (AvgIpc) is 3.14. The van der Waals surface area contributed by atoms with Gasteiger partial charge >= 0.3 is 5.97 Å². The van der Waals surface area contributed by atoms with Crippen LogP contribution in [0.2, 0.25) is 0 Å². The summed E-state index contributed by atoms with van der Waals surface area (Å²) < 4.78 is 11.2. The SMILES string of the molecule is CCCCCC/C=C\CCCCCCCC(=O)OC(CO)COCCCCCCCCCCCCCCCC/C=C\CCCCCCCCCC. The summed E-state index contributed by atoms with van der Waals surface area (Å²) >= 11 is 0. The van der Waals surface area contributed by atoms with E-state index in [0.717, 1.165) is 19.3 Å². The van der Waals surface area contributed by atoms with E-state index in [1.165, 1.54) is 205 Å². The van der Waals surface area contributed by atoms with Crippen LogP contribution >= 0.6 is 0 Å². The molecule has 0 bridgehead atoms. The Morgan fingerprint density at radius 3 is 1.14 bits per heavy atom. The van der Waals surface area contributed by atoms with Crippen molar-refractivity contribution in [3.05, 3.63) is 24.3 Å². The monoisotopic (exact) mass is 719 g/mol. The van der Waals surface area contributed by atoms with Crippen LogP contribution in [0.25, 0.3) is 0 Å². The molecule has 0 saturated carbocycles. The molecule has 0 aromatic rings. The molecule has 0 amide bonds. The highest BCUT2D eigenvalue weighted by molar-refractivity contribution is 5.69. The van der Waals surface area contributed by atoms with Crippen molar-refractivity contribution in [1.82, 2.24) is 0 Å². The van der Waals surface area contributed by atoms with Gasteiger partial charge in [-0.1, -0.05) is 199 Å². The number of carbonyl (C=O) groups is 1. The van der Waals surface area contributed by atoms with Gasteiger partial charge in [0.15, 0.2) is 0 Å². The first-order valence-corrected chi connectivity index (χ1v) is 22.9. The van der Waals surface area contributed by atoms with Crippen LogP contribution < -0.4 is 0 Å². The molecule has 0 saturated heterocycles. The Balaban J connectivity index is 3.35. The maximum absolute atomic E-state index is 12.2. The van der Waals surface area contributed by atoms with Gasteiger partial charge in [-0.25, -0.2) is 0 Å². The van der Waals surface area contributed by atoms with Gasteiger partial charge in [-0.15, -0.1) is 0 Å². The zero-order valence-electron chi connectivity index (χ0n) is 34.6. The largest absolute Gasteiger partial charge is 0.457 e. The average molecular weight is 719 g/mol. The molecule has 0 aromatic heterocycles. The minimum absolute atomic E-state index is 0.171. The molecule has 302 valence electrons. The number of carbonyl (C=O) groups excluding carboxylic acids is 1. The molecule has 0 aliphatic rings. The Bertz CT molecular complexity index is 717. The molecule has 0 aliphatic heterocycles. The van der Waals surface area contributed by atoms with Crippen molar-refractivity contribution in [2.45, 2.75) is 251 Å². The zero-order chi connectivity index (χ0) is 37.0. The van der Waals surface area contributed by atoms with Crippen LogP contribution in [-0.2, 0) is 14.3 Å². The third kappa shape index (κ3) is 43.2. The smallest absolute Gasteiger partial charge is 0.306 e. The second kappa shape index (κ2) is 45.0. The van der Waals surface area contributed by atoms with Gasteiger partial charge < -0.3 is 14.6 Å². The van der Waals surface area contributed by atoms with Gasteiger partial charge in [0.2, 0.25) is 0 Å². The summed E-state index contributed by atoms with van der Waals surface area (Å²) in [4.78, 5) is 12.2. The van der Waals surface area contributed by atoms with Crippen molar-refractivity contribution in [1.29, 1.82) is 0 Å². The van der Waals surface area contributed by atoms with E-state index < -0.39 is 6.10 Å². The highest BCUT2D eigenvalue weighted by atomic mass is 16.6. The molecule has 0 heterocycles. The first-order valence-electron chi connectivity index (χ1n) is 22.9. The highest BCUT2D eigenvalue weighted by Gasteiger charge is 2.13. The topological polar surface area (TPSA) is 55.8 Å². The van der Waals surface area contributed by atoms with E-state index in [9.17, 15) is 9.90 Å². The van der Waals surface area contributed by atoms with Crippen LogP contribution in [0.4, 0.5) is 0 Å². The quantitative estimate of drug-likeness (QED) is 0.0387. The van der Waals surface area contributed by atoms with Crippen LogP contribution in [0.15, 0.2) is 24.3 Å². The van der Waals surface area contributed by atoms with Crippen LogP contribution in [0.3, 0.4) is 0 Å². The third-order valence-corrected chi connectivity index (χ3v) is 10.2. The molecule has 51 heavy (non-hydrogen) atoms.